The second-order valence-electron chi connectivity index (χ2n) is 8.06. The molecule has 0 bridgehead atoms. The van der Waals surface area contributed by atoms with Crippen LogP contribution in [0.15, 0.2) is 42.5 Å². The normalized spacial score (nSPS) is 18.2. The van der Waals surface area contributed by atoms with E-state index in [0.717, 1.165) is 11.1 Å². The zero-order valence-corrected chi connectivity index (χ0v) is 18.4. The van der Waals surface area contributed by atoms with Crippen molar-refractivity contribution in [1.82, 2.24) is 10.2 Å². The fraction of sp³-hybridized carbons (Fsp3) is 0.417. The van der Waals surface area contributed by atoms with Crippen LogP contribution in [0.3, 0.4) is 0 Å². The summed E-state index contributed by atoms with van der Waals surface area (Å²) < 4.78 is 24.1. The minimum Gasteiger partial charge on any atom is -0.497 e. The first kappa shape index (κ1) is 22.6. The van der Waals surface area contributed by atoms with Crippen LogP contribution < -0.4 is 14.8 Å². The summed E-state index contributed by atoms with van der Waals surface area (Å²) in [6.45, 7) is 4.75. The van der Waals surface area contributed by atoms with Gasteiger partial charge in [-0.05, 0) is 35.9 Å². The van der Waals surface area contributed by atoms with Gasteiger partial charge in [0.15, 0.2) is 0 Å². The Kier molecular flexibility index (Phi) is 7.15. The molecule has 6 nitrogen and oxygen atoms in total. The van der Waals surface area contributed by atoms with Gasteiger partial charge in [0.25, 0.3) is 0 Å². The fourth-order valence-corrected chi connectivity index (χ4v) is 3.98. The van der Waals surface area contributed by atoms with Crippen molar-refractivity contribution < 1.29 is 23.5 Å². The molecule has 0 radical (unpaired) electrons. The molecule has 2 aromatic carbocycles. The molecule has 3 rings (SSSR count). The first-order chi connectivity index (χ1) is 14.8. The number of methoxy groups -OCH3 is 2. The van der Waals surface area contributed by atoms with Crippen molar-refractivity contribution in [2.45, 2.75) is 26.3 Å². The molecule has 2 atom stereocenters. The number of rotatable bonds is 7. The topological polar surface area (TPSA) is 67.9 Å². The van der Waals surface area contributed by atoms with E-state index in [1.165, 1.54) is 12.1 Å². The molecular weight excluding hydrogens is 399 g/mol. The summed E-state index contributed by atoms with van der Waals surface area (Å²) in [6.07, 6.45) is 0. The first-order valence-electron chi connectivity index (χ1n) is 10.4. The Hall–Kier alpha value is -3.09. The summed E-state index contributed by atoms with van der Waals surface area (Å²) in [5.41, 5.74) is 1.64. The first-order valence-corrected chi connectivity index (χ1v) is 10.4. The van der Waals surface area contributed by atoms with Crippen LogP contribution in [0.25, 0.3) is 0 Å². The van der Waals surface area contributed by atoms with Crippen LogP contribution in [-0.4, -0.2) is 44.0 Å². The molecule has 1 aliphatic rings. The third-order valence-electron chi connectivity index (χ3n) is 5.68. The largest absolute Gasteiger partial charge is 0.497 e. The van der Waals surface area contributed by atoms with Crippen molar-refractivity contribution in [3.63, 3.8) is 0 Å². The quantitative estimate of drug-likeness (QED) is 0.734. The van der Waals surface area contributed by atoms with Crippen LogP contribution >= 0.6 is 0 Å². The van der Waals surface area contributed by atoms with Crippen molar-refractivity contribution in [1.29, 1.82) is 0 Å². The Bertz CT molecular complexity index is 930. The Labute approximate surface area is 182 Å². The number of nitrogens with zero attached hydrogens (tertiary/aromatic N) is 1. The Balaban J connectivity index is 1.86. The number of hydrogen-bond acceptors (Lipinski definition) is 4. The van der Waals surface area contributed by atoms with Gasteiger partial charge < -0.3 is 19.7 Å². The van der Waals surface area contributed by atoms with E-state index in [-0.39, 0.29) is 36.0 Å². The summed E-state index contributed by atoms with van der Waals surface area (Å²) in [4.78, 5) is 27.6. The Morgan fingerprint density at radius 1 is 1.10 bits per heavy atom. The maximum absolute atomic E-state index is 13.2. The molecule has 0 saturated carbocycles. The molecular formula is C24H29FN2O4. The molecule has 1 saturated heterocycles. The lowest BCUT2D eigenvalue weighted by atomic mass is 9.87. The second-order valence-corrected chi connectivity index (χ2v) is 8.06. The number of amides is 2. The van der Waals surface area contributed by atoms with E-state index in [2.05, 4.69) is 5.32 Å². The highest BCUT2D eigenvalue weighted by Gasteiger charge is 2.42. The van der Waals surface area contributed by atoms with E-state index in [0.29, 0.717) is 24.6 Å². The number of ether oxygens (including phenoxy) is 2. The predicted molar refractivity (Wildman–Crippen MR) is 115 cm³/mol. The molecule has 166 valence electrons. The second kappa shape index (κ2) is 9.81. The number of benzene rings is 2. The molecule has 2 aromatic rings. The average molecular weight is 429 g/mol. The number of hydrogen-bond donors (Lipinski definition) is 1. The monoisotopic (exact) mass is 428 g/mol. The predicted octanol–water partition coefficient (Wildman–Crippen LogP) is 3.36. The van der Waals surface area contributed by atoms with Gasteiger partial charge in [-0.25, -0.2) is 4.39 Å². The Morgan fingerprint density at radius 2 is 1.81 bits per heavy atom. The van der Waals surface area contributed by atoms with Crippen molar-refractivity contribution in [3.8, 4) is 11.5 Å². The molecule has 0 aliphatic carbocycles. The maximum Gasteiger partial charge on any atom is 0.225 e. The highest BCUT2D eigenvalue weighted by Crippen LogP contribution is 2.40. The third-order valence-corrected chi connectivity index (χ3v) is 5.68. The zero-order chi connectivity index (χ0) is 22.5. The minimum absolute atomic E-state index is 0.0145. The van der Waals surface area contributed by atoms with Crippen LogP contribution in [0, 0.1) is 17.7 Å². The molecule has 31 heavy (non-hydrogen) atoms. The molecule has 0 aromatic heterocycles. The molecule has 1 fully saturated rings. The highest BCUT2D eigenvalue weighted by molar-refractivity contribution is 5.84. The van der Waals surface area contributed by atoms with Crippen molar-refractivity contribution in [3.05, 3.63) is 59.4 Å². The van der Waals surface area contributed by atoms with Gasteiger partial charge in [-0.1, -0.05) is 26.0 Å². The van der Waals surface area contributed by atoms with E-state index in [1.807, 2.05) is 26.0 Å². The average Bonchev–Trinajstić information content (AvgIpc) is 3.22. The molecule has 1 N–H and O–H groups in total. The standard InChI is InChI=1S/C24H29FN2O4/c1-15(2)24(29)27-13-20(19-11-18(30-3)9-10-22(19)31-4)21(14-27)23(28)26-12-16-5-7-17(25)8-6-16/h5-11,15,20-21H,12-14H2,1-4H3,(H,26,28)/t20-,21+/m1/s1. The highest BCUT2D eigenvalue weighted by atomic mass is 19.1. The number of carbonyl (C=O) groups excluding carboxylic acids is 2. The lowest BCUT2D eigenvalue weighted by Crippen LogP contribution is -2.36. The lowest BCUT2D eigenvalue weighted by Gasteiger charge is -2.21. The molecule has 1 aliphatic heterocycles. The van der Waals surface area contributed by atoms with Crippen LogP contribution in [0.2, 0.25) is 0 Å². The molecule has 2 amide bonds. The van der Waals surface area contributed by atoms with E-state index < -0.39 is 5.92 Å². The van der Waals surface area contributed by atoms with Gasteiger partial charge >= 0.3 is 0 Å². The van der Waals surface area contributed by atoms with E-state index in [4.69, 9.17) is 9.47 Å². The van der Waals surface area contributed by atoms with Gasteiger partial charge in [0, 0.05) is 37.0 Å². The van der Waals surface area contributed by atoms with Crippen LogP contribution in [0.5, 0.6) is 11.5 Å². The lowest BCUT2D eigenvalue weighted by molar-refractivity contribution is -0.133. The SMILES string of the molecule is COc1ccc(OC)c([C@H]2CN(C(=O)C(C)C)C[C@@H]2C(=O)NCc2ccc(F)cc2)c1. The smallest absolute Gasteiger partial charge is 0.225 e. The van der Waals surface area contributed by atoms with Crippen molar-refractivity contribution in [2.24, 2.45) is 11.8 Å². The van der Waals surface area contributed by atoms with Crippen molar-refractivity contribution in [2.75, 3.05) is 27.3 Å². The molecule has 7 heteroatoms. The van der Waals surface area contributed by atoms with Crippen LogP contribution in [0.1, 0.15) is 30.9 Å². The fourth-order valence-electron chi connectivity index (χ4n) is 3.98. The van der Waals surface area contributed by atoms with Gasteiger partial charge in [0.2, 0.25) is 11.8 Å². The molecule has 1 heterocycles. The molecule has 0 unspecified atom stereocenters. The van der Waals surface area contributed by atoms with Crippen LogP contribution in [-0.2, 0) is 16.1 Å². The van der Waals surface area contributed by atoms with Gasteiger partial charge in [-0.3, -0.25) is 9.59 Å². The van der Waals surface area contributed by atoms with Gasteiger partial charge in [0.05, 0.1) is 20.1 Å². The van der Waals surface area contributed by atoms with Crippen molar-refractivity contribution >= 4 is 11.8 Å². The maximum atomic E-state index is 13.2. The van der Waals surface area contributed by atoms with Gasteiger partial charge in [0.1, 0.15) is 17.3 Å². The third kappa shape index (κ3) is 5.16. The van der Waals surface area contributed by atoms with E-state index in [1.54, 1.807) is 37.3 Å². The van der Waals surface area contributed by atoms with E-state index >= 15 is 0 Å². The summed E-state index contributed by atoms with van der Waals surface area (Å²) in [7, 11) is 3.17. The molecule has 0 spiro atoms. The summed E-state index contributed by atoms with van der Waals surface area (Å²) >= 11 is 0. The number of likely N-dealkylation sites (tertiary alicyclic amines) is 1. The number of carbonyl (C=O) groups is 2. The van der Waals surface area contributed by atoms with E-state index in [9.17, 15) is 14.0 Å². The van der Waals surface area contributed by atoms with Gasteiger partial charge in [-0.2, -0.15) is 0 Å². The minimum atomic E-state index is -0.441. The number of halogens is 1. The van der Waals surface area contributed by atoms with Crippen LogP contribution in [0.4, 0.5) is 4.39 Å². The number of nitrogens with one attached hydrogen (secondary N) is 1. The zero-order valence-electron chi connectivity index (χ0n) is 18.4. The van der Waals surface area contributed by atoms with Gasteiger partial charge in [-0.15, -0.1) is 0 Å². The Morgan fingerprint density at radius 3 is 2.42 bits per heavy atom. The summed E-state index contributed by atoms with van der Waals surface area (Å²) in [5.74, 6) is 0.0211. The summed E-state index contributed by atoms with van der Waals surface area (Å²) in [6, 6.07) is 11.5. The summed E-state index contributed by atoms with van der Waals surface area (Å²) in [5, 5.41) is 2.94.